The van der Waals surface area contributed by atoms with Crippen molar-refractivity contribution in [3.8, 4) is 17.1 Å². The predicted octanol–water partition coefficient (Wildman–Crippen LogP) is 5.57. The maximum atomic E-state index is 11.6. The molecule has 6 nitrogen and oxygen atoms in total. The average Bonchev–Trinajstić information content (AvgIpc) is 3.07. The Balaban J connectivity index is 1.90. The largest absolute Gasteiger partial charge is 0.506 e. The molecule has 0 aliphatic heterocycles. The minimum atomic E-state index is -1.16. The summed E-state index contributed by atoms with van der Waals surface area (Å²) in [5, 5.41) is 27.3. The number of aromatic hydroxyl groups is 1. The number of aromatic amines is 1. The molecule has 0 atom stereocenters. The fourth-order valence-electron chi connectivity index (χ4n) is 2.10. The number of nitrogens with zero attached hydrogens (tertiary/aromatic N) is 2. The SMILES string of the molecule is O=C(O)/C(=C/c1cc(Br)cc(Br)c1O)Sc1n[nH]c(-c2ccc(Cl)cc2)n1. The third-order valence-electron chi connectivity index (χ3n) is 3.34. The zero-order chi connectivity index (χ0) is 19.6. The summed E-state index contributed by atoms with van der Waals surface area (Å²) in [6, 6.07) is 10.3. The zero-order valence-corrected chi connectivity index (χ0v) is 18.0. The van der Waals surface area contributed by atoms with Gasteiger partial charge in [-0.05, 0) is 70.2 Å². The molecule has 0 saturated carbocycles. The van der Waals surface area contributed by atoms with Crippen LogP contribution < -0.4 is 0 Å². The van der Waals surface area contributed by atoms with Crippen molar-refractivity contribution in [2.24, 2.45) is 0 Å². The van der Waals surface area contributed by atoms with Gasteiger partial charge < -0.3 is 10.2 Å². The topological polar surface area (TPSA) is 99.1 Å². The van der Waals surface area contributed by atoms with Crippen LogP contribution >= 0.6 is 55.2 Å². The summed E-state index contributed by atoms with van der Waals surface area (Å²) < 4.78 is 1.14. The third-order valence-corrected chi connectivity index (χ3v) is 5.53. The van der Waals surface area contributed by atoms with Crippen molar-refractivity contribution in [1.29, 1.82) is 0 Å². The summed E-state index contributed by atoms with van der Waals surface area (Å²) in [5.74, 6) is -0.727. The second-order valence-corrected chi connectivity index (χ2v) is 8.43. The Morgan fingerprint density at radius 2 is 1.93 bits per heavy atom. The molecule has 0 radical (unpaired) electrons. The van der Waals surface area contributed by atoms with Gasteiger partial charge in [0.2, 0.25) is 5.16 Å². The first-order chi connectivity index (χ1) is 12.8. The number of phenols is 1. The van der Waals surface area contributed by atoms with Gasteiger partial charge in [-0.25, -0.2) is 9.78 Å². The van der Waals surface area contributed by atoms with Crippen LogP contribution in [0.5, 0.6) is 5.75 Å². The fraction of sp³-hybridized carbons (Fsp3) is 0. The number of H-pyrrole nitrogens is 1. The zero-order valence-electron chi connectivity index (χ0n) is 13.3. The van der Waals surface area contributed by atoms with Crippen LogP contribution in [0.15, 0.2) is 55.4 Å². The number of halogens is 3. The number of hydrogen-bond donors (Lipinski definition) is 3. The van der Waals surface area contributed by atoms with Crippen LogP contribution in [0.3, 0.4) is 0 Å². The molecule has 10 heteroatoms. The standard InChI is InChI=1S/C17H10Br2ClN3O3S/c18-10-5-9(14(24)12(19)7-10)6-13(16(25)26)27-17-21-15(22-23-17)8-1-3-11(20)4-2-8/h1-7,24H,(H,25,26)(H,21,22,23)/b13-6-. The molecule has 3 rings (SSSR count). The molecule has 0 unspecified atom stereocenters. The van der Waals surface area contributed by atoms with E-state index in [1.54, 1.807) is 36.4 Å². The predicted molar refractivity (Wildman–Crippen MR) is 112 cm³/mol. The Morgan fingerprint density at radius 1 is 1.22 bits per heavy atom. The highest BCUT2D eigenvalue weighted by molar-refractivity contribution is 9.11. The van der Waals surface area contributed by atoms with E-state index in [-0.39, 0.29) is 15.8 Å². The number of carbonyl (C=O) groups is 1. The fourth-order valence-corrected chi connectivity index (χ4v) is 4.18. The van der Waals surface area contributed by atoms with E-state index < -0.39 is 5.97 Å². The van der Waals surface area contributed by atoms with Crippen molar-refractivity contribution in [3.05, 3.63) is 60.8 Å². The highest BCUT2D eigenvalue weighted by Gasteiger charge is 2.16. The van der Waals surface area contributed by atoms with Crippen LogP contribution in [-0.4, -0.2) is 31.4 Å². The molecule has 0 fully saturated rings. The highest BCUT2D eigenvalue weighted by atomic mass is 79.9. The summed E-state index contributed by atoms with van der Waals surface area (Å²) in [4.78, 5) is 15.9. The lowest BCUT2D eigenvalue weighted by molar-refractivity contribution is -0.131. The molecular weight excluding hydrogens is 522 g/mol. The van der Waals surface area contributed by atoms with Gasteiger partial charge >= 0.3 is 5.97 Å². The molecule has 2 aromatic carbocycles. The van der Waals surface area contributed by atoms with E-state index >= 15 is 0 Å². The molecule has 1 aromatic heterocycles. The van der Waals surface area contributed by atoms with Gasteiger partial charge in [0.15, 0.2) is 5.82 Å². The number of aliphatic carboxylic acids is 1. The molecule has 0 amide bonds. The van der Waals surface area contributed by atoms with Crippen LogP contribution in [0.25, 0.3) is 17.5 Å². The second-order valence-electron chi connectivity index (χ2n) is 5.21. The quantitative estimate of drug-likeness (QED) is 0.294. The number of carboxylic acids is 1. The first-order valence-corrected chi connectivity index (χ1v) is 10.1. The molecular formula is C17H10Br2ClN3O3S. The molecule has 3 aromatic rings. The summed E-state index contributed by atoms with van der Waals surface area (Å²) in [6.07, 6.45) is 1.36. The van der Waals surface area contributed by atoms with Crippen molar-refractivity contribution in [3.63, 3.8) is 0 Å². The smallest absolute Gasteiger partial charge is 0.342 e. The lowest BCUT2D eigenvalue weighted by Gasteiger charge is -2.05. The van der Waals surface area contributed by atoms with Gasteiger partial charge in [-0.15, -0.1) is 5.10 Å². The van der Waals surface area contributed by atoms with Gasteiger partial charge in [0.25, 0.3) is 0 Å². The number of aromatic nitrogens is 3. The van der Waals surface area contributed by atoms with E-state index in [1.165, 1.54) is 6.08 Å². The highest BCUT2D eigenvalue weighted by Crippen LogP contribution is 2.35. The Hall–Kier alpha value is -1.81. The molecule has 138 valence electrons. The Morgan fingerprint density at radius 3 is 2.59 bits per heavy atom. The van der Waals surface area contributed by atoms with Crippen molar-refractivity contribution in [2.75, 3.05) is 0 Å². The number of hydrogen-bond acceptors (Lipinski definition) is 5. The summed E-state index contributed by atoms with van der Waals surface area (Å²) in [5.41, 5.74) is 1.11. The summed E-state index contributed by atoms with van der Waals surface area (Å²) in [7, 11) is 0. The maximum absolute atomic E-state index is 11.6. The van der Waals surface area contributed by atoms with Crippen LogP contribution in [0, 0.1) is 0 Å². The maximum Gasteiger partial charge on any atom is 0.342 e. The van der Waals surface area contributed by atoms with Crippen LogP contribution in [-0.2, 0) is 4.79 Å². The number of thioether (sulfide) groups is 1. The number of rotatable bonds is 5. The van der Waals surface area contributed by atoms with Crippen molar-refractivity contribution < 1.29 is 15.0 Å². The van der Waals surface area contributed by atoms with Gasteiger partial charge in [-0.3, -0.25) is 5.10 Å². The van der Waals surface area contributed by atoms with E-state index in [1.807, 2.05) is 0 Å². The van der Waals surface area contributed by atoms with Crippen molar-refractivity contribution in [1.82, 2.24) is 15.2 Å². The third kappa shape index (κ3) is 4.92. The molecule has 1 heterocycles. The van der Waals surface area contributed by atoms with E-state index in [2.05, 4.69) is 47.0 Å². The molecule has 3 N–H and O–H groups in total. The average molecular weight is 532 g/mol. The monoisotopic (exact) mass is 529 g/mol. The van der Waals surface area contributed by atoms with Crippen molar-refractivity contribution >= 4 is 67.3 Å². The lowest BCUT2D eigenvalue weighted by atomic mass is 10.2. The number of benzene rings is 2. The molecule has 0 saturated heterocycles. The van der Waals surface area contributed by atoms with Gasteiger partial charge in [-0.2, -0.15) is 0 Å². The Kier molecular flexibility index (Phi) is 6.25. The molecule has 0 spiro atoms. The first-order valence-electron chi connectivity index (χ1n) is 7.32. The van der Waals surface area contributed by atoms with Gasteiger partial charge in [-0.1, -0.05) is 27.5 Å². The van der Waals surface area contributed by atoms with Gasteiger partial charge in [0.05, 0.1) is 4.47 Å². The number of nitrogens with one attached hydrogen (secondary N) is 1. The molecule has 27 heavy (non-hydrogen) atoms. The van der Waals surface area contributed by atoms with Gasteiger partial charge in [0, 0.05) is 20.6 Å². The summed E-state index contributed by atoms with van der Waals surface area (Å²) >= 11 is 13.3. The normalized spacial score (nSPS) is 11.6. The van der Waals surface area contributed by atoms with E-state index in [0.29, 0.717) is 25.4 Å². The summed E-state index contributed by atoms with van der Waals surface area (Å²) in [6.45, 7) is 0. The molecule has 0 aliphatic carbocycles. The Bertz CT molecular complexity index is 1040. The number of phenolic OH excluding ortho intramolecular Hbond substituents is 1. The minimum Gasteiger partial charge on any atom is -0.506 e. The van der Waals surface area contributed by atoms with Crippen LogP contribution in [0.1, 0.15) is 5.56 Å². The first kappa shape index (κ1) is 19.9. The Labute approximate surface area is 179 Å². The van der Waals surface area contributed by atoms with Crippen LogP contribution in [0.2, 0.25) is 5.02 Å². The number of carboxylic acid groups (broad SMARTS) is 1. The van der Waals surface area contributed by atoms with E-state index in [0.717, 1.165) is 17.3 Å². The molecule has 0 bridgehead atoms. The molecule has 0 aliphatic rings. The van der Waals surface area contributed by atoms with E-state index in [9.17, 15) is 15.0 Å². The van der Waals surface area contributed by atoms with Crippen molar-refractivity contribution in [2.45, 2.75) is 5.16 Å². The minimum absolute atomic E-state index is 0.0445. The van der Waals surface area contributed by atoms with Crippen LogP contribution in [0.4, 0.5) is 0 Å². The lowest BCUT2D eigenvalue weighted by Crippen LogP contribution is -1.97. The van der Waals surface area contributed by atoms with E-state index in [4.69, 9.17) is 11.6 Å². The van der Waals surface area contributed by atoms with Gasteiger partial charge in [0.1, 0.15) is 10.7 Å². The second kappa shape index (κ2) is 8.47.